The molecule has 1 unspecified atom stereocenters. The van der Waals surface area contributed by atoms with Gasteiger partial charge in [-0.25, -0.2) is 4.98 Å². The van der Waals surface area contributed by atoms with Crippen LogP contribution in [0.15, 0.2) is 35.1 Å². The van der Waals surface area contributed by atoms with Crippen molar-refractivity contribution < 1.29 is 9.53 Å². The van der Waals surface area contributed by atoms with Crippen LogP contribution in [0.2, 0.25) is 0 Å². The number of rotatable bonds is 4. The average molecular weight is 357 g/mol. The predicted molar refractivity (Wildman–Crippen MR) is 99.7 cm³/mol. The van der Waals surface area contributed by atoms with Gasteiger partial charge in [0.05, 0.1) is 18.2 Å². The maximum Gasteiger partial charge on any atom is 0.263 e. The molecule has 2 aromatic heterocycles. The molecule has 7 heteroatoms. The molecule has 6 nitrogen and oxygen atoms in total. The number of aromatic nitrogens is 2. The largest absolute Gasteiger partial charge is 0.495 e. The Kier molecular flexibility index (Phi) is 4.59. The first kappa shape index (κ1) is 17.2. The van der Waals surface area contributed by atoms with Crippen LogP contribution in [0.1, 0.15) is 23.7 Å². The minimum atomic E-state index is -0.700. The van der Waals surface area contributed by atoms with Gasteiger partial charge in [0.25, 0.3) is 5.56 Å². The van der Waals surface area contributed by atoms with Crippen molar-refractivity contribution in [1.29, 1.82) is 0 Å². The van der Waals surface area contributed by atoms with E-state index in [-0.39, 0.29) is 11.5 Å². The lowest BCUT2D eigenvalue weighted by Gasteiger charge is -2.18. The molecule has 1 aromatic carbocycles. The fraction of sp³-hybridized carbons (Fsp3) is 0.278. The van der Waals surface area contributed by atoms with E-state index in [4.69, 9.17) is 4.74 Å². The minimum absolute atomic E-state index is 0.200. The average Bonchev–Trinajstić information content (AvgIpc) is 2.95. The Balaban J connectivity index is 1.97. The third-order valence-electron chi connectivity index (χ3n) is 4.03. The van der Waals surface area contributed by atoms with E-state index in [0.29, 0.717) is 27.5 Å². The summed E-state index contributed by atoms with van der Waals surface area (Å²) in [6.45, 7) is 5.36. The normalized spacial score (nSPS) is 12.2. The Morgan fingerprint density at radius 2 is 2.04 bits per heavy atom. The number of thiophene rings is 1. The zero-order valence-corrected chi connectivity index (χ0v) is 15.3. The first-order chi connectivity index (χ1) is 11.9. The van der Waals surface area contributed by atoms with Gasteiger partial charge in [0.2, 0.25) is 5.91 Å². The van der Waals surface area contributed by atoms with Gasteiger partial charge in [-0.2, -0.15) is 0 Å². The lowest BCUT2D eigenvalue weighted by molar-refractivity contribution is -0.118. The van der Waals surface area contributed by atoms with Gasteiger partial charge >= 0.3 is 0 Å². The first-order valence-corrected chi connectivity index (χ1v) is 8.67. The standard InChI is InChI=1S/C18H19N3O3S/c1-10-9-13-17(25-10)19-12(3)21(18(13)23)11(2)16(22)20-14-7-5-6-8-15(14)24-4/h5-9,11H,1-4H3,(H,20,22). The van der Waals surface area contributed by atoms with E-state index in [2.05, 4.69) is 10.3 Å². The zero-order valence-electron chi connectivity index (χ0n) is 14.5. The number of nitrogens with one attached hydrogen (secondary N) is 1. The Morgan fingerprint density at radius 1 is 1.32 bits per heavy atom. The number of para-hydroxylation sites is 2. The van der Waals surface area contributed by atoms with Crippen molar-refractivity contribution >= 4 is 33.1 Å². The second kappa shape index (κ2) is 6.68. The second-order valence-electron chi connectivity index (χ2n) is 5.78. The van der Waals surface area contributed by atoms with Crippen molar-refractivity contribution in [1.82, 2.24) is 9.55 Å². The Morgan fingerprint density at radius 3 is 2.76 bits per heavy atom. The fourth-order valence-electron chi connectivity index (χ4n) is 2.77. The predicted octanol–water partition coefficient (Wildman–Crippen LogP) is 3.28. The van der Waals surface area contributed by atoms with Gasteiger partial charge in [-0.3, -0.25) is 14.2 Å². The monoisotopic (exact) mass is 357 g/mol. The molecular weight excluding hydrogens is 338 g/mol. The van der Waals surface area contributed by atoms with Gasteiger partial charge in [-0.15, -0.1) is 11.3 Å². The van der Waals surface area contributed by atoms with E-state index >= 15 is 0 Å². The molecule has 0 radical (unpaired) electrons. The number of amides is 1. The summed E-state index contributed by atoms with van der Waals surface area (Å²) in [6, 6.07) is 8.26. The van der Waals surface area contributed by atoms with Crippen LogP contribution in [0, 0.1) is 13.8 Å². The van der Waals surface area contributed by atoms with Crippen molar-refractivity contribution in [2.45, 2.75) is 26.8 Å². The van der Waals surface area contributed by atoms with Gasteiger partial charge in [0, 0.05) is 4.88 Å². The number of carbonyl (C=O) groups is 1. The summed E-state index contributed by atoms with van der Waals surface area (Å²) in [7, 11) is 1.54. The van der Waals surface area contributed by atoms with Crippen molar-refractivity contribution in [3.05, 3.63) is 51.4 Å². The summed E-state index contributed by atoms with van der Waals surface area (Å²) < 4.78 is 6.68. The molecule has 0 saturated heterocycles. The number of aryl methyl sites for hydroxylation is 2. The molecule has 0 spiro atoms. The van der Waals surface area contributed by atoms with Gasteiger partial charge in [-0.05, 0) is 39.0 Å². The first-order valence-electron chi connectivity index (χ1n) is 7.85. The number of carbonyl (C=O) groups excluding carboxylic acids is 1. The summed E-state index contributed by atoms with van der Waals surface area (Å²) in [6.07, 6.45) is 0. The maximum atomic E-state index is 12.8. The van der Waals surface area contributed by atoms with Gasteiger partial charge in [0.15, 0.2) is 0 Å². The SMILES string of the molecule is COc1ccccc1NC(=O)C(C)n1c(C)nc2sc(C)cc2c1=O. The molecule has 0 aliphatic heterocycles. The highest BCUT2D eigenvalue weighted by atomic mass is 32.1. The molecule has 3 rings (SSSR count). The molecule has 1 amide bonds. The lowest BCUT2D eigenvalue weighted by atomic mass is 10.2. The Labute approximate surface area is 149 Å². The second-order valence-corrected chi connectivity index (χ2v) is 7.01. The number of hydrogen-bond donors (Lipinski definition) is 1. The summed E-state index contributed by atoms with van der Waals surface area (Å²) in [5, 5.41) is 3.36. The van der Waals surface area contributed by atoms with E-state index in [1.807, 2.05) is 25.1 Å². The molecule has 0 bridgehead atoms. The number of fused-ring (bicyclic) bond motifs is 1. The van der Waals surface area contributed by atoms with Gasteiger partial charge in [0.1, 0.15) is 22.4 Å². The fourth-order valence-corrected chi connectivity index (χ4v) is 3.69. The molecule has 0 fully saturated rings. The van der Waals surface area contributed by atoms with Gasteiger partial charge in [-0.1, -0.05) is 12.1 Å². The number of anilines is 1. The number of benzene rings is 1. The van der Waals surface area contributed by atoms with E-state index in [1.54, 1.807) is 33.1 Å². The van der Waals surface area contributed by atoms with Crippen LogP contribution in [0.4, 0.5) is 5.69 Å². The van der Waals surface area contributed by atoms with Crippen LogP contribution in [0.25, 0.3) is 10.2 Å². The summed E-state index contributed by atoms with van der Waals surface area (Å²) in [5.74, 6) is 0.777. The molecule has 2 heterocycles. The Hall–Kier alpha value is -2.67. The lowest BCUT2D eigenvalue weighted by Crippen LogP contribution is -2.33. The van der Waals surface area contributed by atoms with E-state index < -0.39 is 6.04 Å². The van der Waals surface area contributed by atoms with Crippen LogP contribution < -0.4 is 15.6 Å². The number of methoxy groups -OCH3 is 1. The van der Waals surface area contributed by atoms with Crippen LogP contribution in [-0.4, -0.2) is 22.6 Å². The molecule has 1 N–H and O–H groups in total. The van der Waals surface area contributed by atoms with Crippen molar-refractivity contribution in [2.24, 2.45) is 0 Å². The van der Waals surface area contributed by atoms with Crippen LogP contribution in [0.3, 0.4) is 0 Å². The third-order valence-corrected chi connectivity index (χ3v) is 4.97. The molecule has 130 valence electrons. The molecule has 1 atom stereocenters. The number of ether oxygens (including phenoxy) is 1. The maximum absolute atomic E-state index is 12.8. The minimum Gasteiger partial charge on any atom is -0.495 e. The zero-order chi connectivity index (χ0) is 18.1. The quantitative estimate of drug-likeness (QED) is 0.778. The molecule has 0 saturated carbocycles. The van der Waals surface area contributed by atoms with Crippen molar-refractivity contribution in [2.75, 3.05) is 12.4 Å². The molecule has 0 aliphatic carbocycles. The molecule has 0 aliphatic rings. The highest BCUT2D eigenvalue weighted by Gasteiger charge is 2.21. The third kappa shape index (κ3) is 3.15. The van der Waals surface area contributed by atoms with Gasteiger partial charge < -0.3 is 10.1 Å². The summed E-state index contributed by atoms with van der Waals surface area (Å²) in [5.41, 5.74) is 0.363. The van der Waals surface area contributed by atoms with Crippen LogP contribution in [0.5, 0.6) is 5.75 Å². The van der Waals surface area contributed by atoms with Crippen molar-refractivity contribution in [3.8, 4) is 5.75 Å². The molecule has 3 aromatic rings. The van der Waals surface area contributed by atoms with Crippen molar-refractivity contribution in [3.63, 3.8) is 0 Å². The van der Waals surface area contributed by atoms with E-state index in [9.17, 15) is 9.59 Å². The summed E-state index contributed by atoms with van der Waals surface area (Å²) >= 11 is 1.48. The van der Waals surface area contributed by atoms with Crippen LogP contribution in [-0.2, 0) is 4.79 Å². The Bertz CT molecular complexity index is 1010. The highest BCUT2D eigenvalue weighted by molar-refractivity contribution is 7.18. The smallest absolute Gasteiger partial charge is 0.263 e. The molecular formula is C18H19N3O3S. The highest BCUT2D eigenvalue weighted by Crippen LogP contribution is 2.25. The topological polar surface area (TPSA) is 73.2 Å². The van der Waals surface area contributed by atoms with Crippen LogP contribution >= 0.6 is 11.3 Å². The summed E-state index contributed by atoms with van der Waals surface area (Å²) in [4.78, 5) is 31.7. The molecule has 25 heavy (non-hydrogen) atoms. The van der Waals surface area contributed by atoms with E-state index in [1.165, 1.54) is 15.9 Å². The number of hydrogen-bond acceptors (Lipinski definition) is 5. The van der Waals surface area contributed by atoms with E-state index in [0.717, 1.165) is 4.88 Å². The number of nitrogens with zero attached hydrogens (tertiary/aromatic N) is 2.